The van der Waals surface area contributed by atoms with Gasteiger partial charge in [0.05, 0.1) is 24.5 Å². The Bertz CT molecular complexity index is 971. The molecular weight excluding hydrogens is 370 g/mol. The lowest BCUT2D eigenvalue weighted by molar-refractivity contribution is -0.133. The quantitative estimate of drug-likeness (QED) is 0.649. The van der Waals surface area contributed by atoms with E-state index in [9.17, 15) is 4.79 Å². The Morgan fingerprint density at radius 3 is 3.00 bits per heavy atom. The molecule has 1 aliphatic heterocycles. The zero-order valence-corrected chi connectivity index (χ0v) is 16.9. The van der Waals surface area contributed by atoms with Crippen molar-refractivity contribution in [2.24, 2.45) is 0 Å². The lowest BCUT2D eigenvalue weighted by Gasteiger charge is -2.35. The second-order valence-electron chi connectivity index (χ2n) is 6.94. The van der Waals surface area contributed by atoms with Crippen LogP contribution in [0, 0.1) is 0 Å². The van der Waals surface area contributed by atoms with Crippen LogP contribution in [0.5, 0.6) is 5.75 Å². The van der Waals surface area contributed by atoms with Gasteiger partial charge in [-0.25, -0.2) is 4.98 Å². The SMILES string of the molecule is COc1ccc2c(c1)CCN(C(=O)CCc1csc(-c3ccccn3)n1)C2C. The standard InChI is InChI=1S/C22H23N3O2S/c1-15-19-8-7-18(27-2)13-16(19)10-12-25(15)21(26)9-6-17-14-28-22(24-17)20-5-3-4-11-23-20/h3-5,7-8,11,13-15H,6,9-10,12H2,1-2H3. The number of nitrogens with zero attached hydrogens (tertiary/aromatic N) is 3. The molecule has 3 aromatic rings. The molecule has 4 rings (SSSR count). The molecule has 28 heavy (non-hydrogen) atoms. The highest BCUT2D eigenvalue weighted by atomic mass is 32.1. The molecule has 5 nitrogen and oxygen atoms in total. The monoisotopic (exact) mass is 393 g/mol. The molecule has 0 aliphatic carbocycles. The number of carbonyl (C=O) groups is 1. The van der Waals surface area contributed by atoms with Crippen LogP contribution in [-0.4, -0.2) is 34.4 Å². The third-order valence-corrected chi connectivity index (χ3v) is 6.15. The summed E-state index contributed by atoms with van der Waals surface area (Å²) >= 11 is 1.57. The van der Waals surface area contributed by atoms with E-state index in [1.807, 2.05) is 34.5 Å². The molecule has 0 radical (unpaired) electrons. The van der Waals surface area contributed by atoms with Crippen LogP contribution in [0.4, 0.5) is 0 Å². The number of methoxy groups -OCH3 is 1. The third-order valence-electron chi connectivity index (χ3n) is 5.24. The van der Waals surface area contributed by atoms with Gasteiger partial charge in [-0.3, -0.25) is 9.78 Å². The van der Waals surface area contributed by atoms with Crippen LogP contribution in [0.3, 0.4) is 0 Å². The first-order valence-corrected chi connectivity index (χ1v) is 10.4. The van der Waals surface area contributed by atoms with Gasteiger partial charge in [0.15, 0.2) is 0 Å². The number of ether oxygens (including phenoxy) is 1. The van der Waals surface area contributed by atoms with E-state index in [2.05, 4.69) is 29.0 Å². The number of hydrogen-bond donors (Lipinski definition) is 0. The summed E-state index contributed by atoms with van der Waals surface area (Å²) in [5.41, 5.74) is 4.32. The average Bonchev–Trinajstić information content (AvgIpc) is 3.22. The first-order chi connectivity index (χ1) is 13.7. The molecule has 0 saturated heterocycles. The molecule has 0 N–H and O–H groups in total. The zero-order valence-electron chi connectivity index (χ0n) is 16.1. The fraction of sp³-hybridized carbons (Fsp3) is 0.318. The molecule has 1 atom stereocenters. The molecular formula is C22H23N3O2S. The average molecular weight is 394 g/mol. The number of aryl methyl sites for hydroxylation is 1. The van der Waals surface area contributed by atoms with E-state index in [1.54, 1.807) is 24.6 Å². The van der Waals surface area contributed by atoms with E-state index >= 15 is 0 Å². The van der Waals surface area contributed by atoms with Gasteiger partial charge in [-0.05, 0) is 55.2 Å². The van der Waals surface area contributed by atoms with Gasteiger partial charge < -0.3 is 9.64 Å². The molecule has 0 bridgehead atoms. The van der Waals surface area contributed by atoms with Gasteiger partial charge in [0, 0.05) is 24.5 Å². The number of thiazole rings is 1. The number of rotatable bonds is 5. The highest BCUT2D eigenvalue weighted by Crippen LogP contribution is 2.32. The molecule has 2 aromatic heterocycles. The highest BCUT2D eigenvalue weighted by Gasteiger charge is 2.27. The first kappa shape index (κ1) is 18.6. The third kappa shape index (κ3) is 3.78. The summed E-state index contributed by atoms with van der Waals surface area (Å²) in [6, 6.07) is 12.0. The number of carbonyl (C=O) groups excluding carboxylic acids is 1. The van der Waals surface area contributed by atoms with Crippen molar-refractivity contribution in [1.29, 1.82) is 0 Å². The predicted octanol–water partition coefficient (Wildman–Crippen LogP) is 4.29. The maximum Gasteiger partial charge on any atom is 0.223 e. The summed E-state index contributed by atoms with van der Waals surface area (Å²) in [7, 11) is 1.68. The van der Waals surface area contributed by atoms with E-state index in [4.69, 9.17) is 4.74 Å². The Morgan fingerprint density at radius 2 is 2.21 bits per heavy atom. The molecule has 0 saturated carbocycles. The van der Waals surface area contributed by atoms with Crippen molar-refractivity contribution in [3.63, 3.8) is 0 Å². The summed E-state index contributed by atoms with van der Waals surface area (Å²) < 4.78 is 5.32. The van der Waals surface area contributed by atoms with Gasteiger partial charge in [-0.15, -0.1) is 11.3 Å². The summed E-state index contributed by atoms with van der Waals surface area (Å²) in [6.07, 6.45) is 3.76. The molecule has 1 aliphatic rings. The Labute approximate surface area is 169 Å². The Kier molecular flexibility index (Phi) is 5.39. The van der Waals surface area contributed by atoms with Crippen molar-refractivity contribution in [3.8, 4) is 16.5 Å². The molecule has 1 amide bonds. The van der Waals surface area contributed by atoms with Crippen LogP contribution in [0.2, 0.25) is 0 Å². The van der Waals surface area contributed by atoms with E-state index in [-0.39, 0.29) is 11.9 Å². The smallest absolute Gasteiger partial charge is 0.223 e. The van der Waals surface area contributed by atoms with E-state index < -0.39 is 0 Å². The topological polar surface area (TPSA) is 55.3 Å². The predicted molar refractivity (Wildman–Crippen MR) is 110 cm³/mol. The molecule has 1 aromatic carbocycles. The maximum atomic E-state index is 12.9. The van der Waals surface area contributed by atoms with Crippen LogP contribution >= 0.6 is 11.3 Å². The Morgan fingerprint density at radius 1 is 1.32 bits per heavy atom. The van der Waals surface area contributed by atoms with Gasteiger partial charge >= 0.3 is 0 Å². The molecule has 0 fully saturated rings. The minimum Gasteiger partial charge on any atom is -0.497 e. The summed E-state index contributed by atoms with van der Waals surface area (Å²) in [5.74, 6) is 1.05. The van der Waals surface area contributed by atoms with Crippen molar-refractivity contribution in [2.75, 3.05) is 13.7 Å². The van der Waals surface area contributed by atoms with Crippen molar-refractivity contribution < 1.29 is 9.53 Å². The lowest BCUT2D eigenvalue weighted by Crippen LogP contribution is -2.39. The Balaban J connectivity index is 1.40. The maximum absolute atomic E-state index is 12.9. The van der Waals surface area contributed by atoms with Gasteiger partial charge in [0.1, 0.15) is 10.8 Å². The minimum atomic E-state index is 0.0849. The number of fused-ring (bicyclic) bond motifs is 1. The van der Waals surface area contributed by atoms with E-state index in [0.717, 1.165) is 35.1 Å². The number of aromatic nitrogens is 2. The minimum absolute atomic E-state index is 0.0849. The Hall–Kier alpha value is -2.73. The molecule has 0 spiro atoms. The number of hydrogen-bond acceptors (Lipinski definition) is 5. The van der Waals surface area contributed by atoms with Crippen molar-refractivity contribution >= 4 is 17.2 Å². The molecule has 3 heterocycles. The number of pyridine rings is 1. The van der Waals surface area contributed by atoms with Crippen molar-refractivity contribution in [3.05, 3.63) is 64.8 Å². The van der Waals surface area contributed by atoms with Gasteiger partial charge in [-0.1, -0.05) is 12.1 Å². The van der Waals surface area contributed by atoms with Crippen molar-refractivity contribution in [1.82, 2.24) is 14.9 Å². The fourth-order valence-corrected chi connectivity index (χ4v) is 4.51. The second kappa shape index (κ2) is 8.10. The molecule has 1 unspecified atom stereocenters. The van der Waals surface area contributed by atoms with Gasteiger partial charge in [0.25, 0.3) is 0 Å². The summed E-state index contributed by atoms with van der Waals surface area (Å²) in [5, 5.41) is 2.93. The van der Waals surface area contributed by atoms with Crippen LogP contribution in [0.15, 0.2) is 48.0 Å². The van der Waals surface area contributed by atoms with Crippen LogP contribution < -0.4 is 4.74 Å². The largest absolute Gasteiger partial charge is 0.497 e. The van der Waals surface area contributed by atoms with Crippen LogP contribution in [-0.2, 0) is 17.6 Å². The van der Waals surface area contributed by atoms with E-state index in [1.165, 1.54) is 11.1 Å². The normalized spacial score (nSPS) is 15.9. The number of amides is 1. The van der Waals surface area contributed by atoms with Crippen molar-refractivity contribution in [2.45, 2.75) is 32.2 Å². The first-order valence-electron chi connectivity index (χ1n) is 9.48. The van der Waals surface area contributed by atoms with Gasteiger partial charge in [-0.2, -0.15) is 0 Å². The fourth-order valence-electron chi connectivity index (χ4n) is 3.68. The molecule has 6 heteroatoms. The summed E-state index contributed by atoms with van der Waals surface area (Å²) in [6.45, 7) is 2.85. The van der Waals surface area contributed by atoms with Crippen LogP contribution in [0.25, 0.3) is 10.7 Å². The van der Waals surface area contributed by atoms with Crippen LogP contribution in [0.1, 0.15) is 36.2 Å². The van der Waals surface area contributed by atoms with E-state index in [0.29, 0.717) is 12.8 Å². The molecule has 144 valence electrons. The lowest BCUT2D eigenvalue weighted by atomic mass is 9.93. The van der Waals surface area contributed by atoms with Gasteiger partial charge in [0.2, 0.25) is 5.91 Å². The second-order valence-corrected chi connectivity index (χ2v) is 7.79. The number of benzene rings is 1. The summed E-state index contributed by atoms with van der Waals surface area (Å²) in [4.78, 5) is 23.8. The highest BCUT2D eigenvalue weighted by molar-refractivity contribution is 7.13. The zero-order chi connectivity index (χ0) is 19.5.